The molecule has 0 spiro atoms. The number of benzene rings is 1. The van der Waals surface area contributed by atoms with Crippen LogP contribution in [0.5, 0.6) is 5.75 Å². The molecule has 1 aromatic rings. The van der Waals surface area contributed by atoms with Crippen molar-refractivity contribution in [2.45, 2.75) is 6.42 Å². The van der Waals surface area contributed by atoms with Crippen LogP contribution in [-0.4, -0.2) is 51.3 Å². The van der Waals surface area contributed by atoms with Crippen LogP contribution in [0.2, 0.25) is 5.02 Å². The Balaban J connectivity index is 2.03. The van der Waals surface area contributed by atoms with Crippen LogP contribution in [0.1, 0.15) is 6.42 Å². The maximum Gasteiger partial charge on any atom is 0.314 e. The number of rotatable bonds is 8. The fourth-order valence-corrected chi connectivity index (χ4v) is 1.65. The van der Waals surface area contributed by atoms with Crippen molar-refractivity contribution in [2.24, 2.45) is 0 Å². The molecule has 0 heterocycles. The van der Waals surface area contributed by atoms with Gasteiger partial charge >= 0.3 is 6.03 Å². The van der Waals surface area contributed by atoms with Crippen LogP contribution in [-0.2, 0) is 0 Å². The highest BCUT2D eigenvalue weighted by Gasteiger charge is 1.99. The summed E-state index contributed by atoms with van der Waals surface area (Å²) < 4.78 is 5.46. The SMILES string of the molecule is CN(C)CCCNC(=O)NCCOc1ccc(Cl)cc1. The zero-order valence-corrected chi connectivity index (χ0v) is 12.7. The molecule has 0 fully saturated rings. The molecule has 20 heavy (non-hydrogen) atoms. The highest BCUT2D eigenvalue weighted by Crippen LogP contribution is 2.14. The molecule has 0 bridgehead atoms. The van der Waals surface area contributed by atoms with E-state index in [1.807, 2.05) is 14.1 Å². The Morgan fingerprint density at radius 3 is 2.50 bits per heavy atom. The van der Waals surface area contributed by atoms with Crippen molar-refractivity contribution < 1.29 is 9.53 Å². The van der Waals surface area contributed by atoms with Gasteiger partial charge < -0.3 is 20.3 Å². The second kappa shape index (κ2) is 9.44. The number of halogens is 1. The molecule has 2 amide bonds. The molecule has 0 radical (unpaired) electrons. The molecule has 0 aliphatic rings. The van der Waals surface area contributed by atoms with Gasteiger partial charge in [0.2, 0.25) is 0 Å². The Labute approximate surface area is 125 Å². The van der Waals surface area contributed by atoms with Gasteiger partial charge in [0.1, 0.15) is 12.4 Å². The number of carbonyl (C=O) groups is 1. The van der Waals surface area contributed by atoms with Crippen LogP contribution in [0, 0.1) is 0 Å². The predicted molar refractivity (Wildman–Crippen MR) is 81.5 cm³/mol. The Morgan fingerprint density at radius 2 is 1.85 bits per heavy atom. The van der Waals surface area contributed by atoms with E-state index < -0.39 is 0 Å². The molecule has 5 nitrogen and oxygen atoms in total. The van der Waals surface area contributed by atoms with E-state index in [4.69, 9.17) is 16.3 Å². The number of amides is 2. The van der Waals surface area contributed by atoms with Crippen molar-refractivity contribution in [2.75, 3.05) is 40.3 Å². The maximum absolute atomic E-state index is 11.4. The van der Waals surface area contributed by atoms with Crippen molar-refractivity contribution in [3.8, 4) is 5.75 Å². The highest BCUT2D eigenvalue weighted by atomic mass is 35.5. The van der Waals surface area contributed by atoms with Crippen LogP contribution in [0.15, 0.2) is 24.3 Å². The van der Waals surface area contributed by atoms with E-state index in [1.54, 1.807) is 24.3 Å². The van der Waals surface area contributed by atoms with Gasteiger partial charge in [0.05, 0.1) is 6.54 Å². The van der Waals surface area contributed by atoms with Crippen molar-refractivity contribution in [1.82, 2.24) is 15.5 Å². The summed E-state index contributed by atoms with van der Waals surface area (Å²) in [6, 6.07) is 6.96. The lowest BCUT2D eigenvalue weighted by Crippen LogP contribution is -2.38. The Hall–Kier alpha value is -1.46. The lowest BCUT2D eigenvalue weighted by atomic mass is 10.3. The number of ether oxygens (including phenoxy) is 1. The maximum atomic E-state index is 11.4. The van der Waals surface area contributed by atoms with E-state index >= 15 is 0 Å². The summed E-state index contributed by atoms with van der Waals surface area (Å²) in [5, 5.41) is 6.21. The third-order valence-electron chi connectivity index (χ3n) is 2.54. The quantitative estimate of drug-likeness (QED) is 0.722. The summed E-state index contributed by atoms with van der Waals surface area (Å²) in [6.07, 6.45) is 0.932. The molecule has 0 unspecified atom stereocenters. The molecule has 0 aromatic heterocycles. The minimum absolute atomic E-state index is 0.163. The van der Waals surface area contributed by atoms with Crippen LogP contribution >= 0.6 is 11.6 Å². The number of nitrogens with one attached hydrogen (secondary N) is 2. The lowest BCUT2D eigenvalue weighted by molar-refractivity contribution is 0.236. The molecule has 112 valence electrons. The summed E-state index contributed by atoms with van der Waals surface area (Å²) in [6.45, 7) is 2.51. The summed E-state index contributed by atoms with van der Waals surface area (Å²) >= 11 is 5.77. The zero-order valence-electron chi connectivity index (χ0n) is 12.0. The molecule has 0 saturated heterocycles. The average Bonchev–Trinajstić information content (AvgIpc) is 2.41. The molecule has 0 aliphatic heterocycles. The Kier molecular flexibility index (Phi) is 7.84. The van der Waals surface area contributed by atoms with Gasteiger partial charge in [-0.15, -0.1) is 0 Å². The fourth-order valence-electron chi connectivity index (χ4n) is 1.52. The second-order valence-corrected chi connectivity index (χ2v) is 5.08. The molecule has 0 saturated carbocycles. The Morgan fingerprint density at radius 1 is 1.20 bits per heavy atom. The van der Waals surface area contributed by atoms with Gasteiger partial charge in [-0.3, -0.25) is 0 Å². The largest absolute Gasteiger partial charge is 0.492 e. The summed E-state index contributed by atoms with van der Waals surface area (Å²) in [7, 11) is 4.02. The molecule has 1 rings (SSSR count). The van der Waals surface area contributed by atoms with Crippen LogP contribution < -0.4 is 15.4 Å². The topological polar surface area (TPSA) is 53.6 Å². The smallest absolute Gasteiger partial charge is 0.314 e. The first-order valence-corrected chi connectivity index (χ1v) is 7.00. The Bertz CT molecular complexity index is 396. The third kappa shape index (κ3) is 7.86. The molecule has 0 atom stereocenters. The van der Waals surface area contributed by atoms with Gasteiger partial charge in [-0.1, -0.05) is 11.6 Å². The van der Waals surface area contributed by atoms with Crippen LogP contribution in [0.25, 0.3) is 0 Å². The normalized spacial score (nSPS) is 10.4. The monoisotopic (exact) mass is 299 g/mol. The summed E-state index contributed by atoms with van der Waals surface area (Å²) in [5.41, 5.74) is 0. The van der Waals surface area contributed by atoms with Gasteiger partial charge in [-0.25, -0.2) is 4.79 Å². The van der Waals surface area contributed by atoms with E-state index in [1.165, 1.54) is 0 Å². The summed E-state index contributed by atoms with van der Waals surface area (Å²) in [4.78, 5) is 13.5. The van der Waals surface area contributed by atoms with E-state index in [0.29, 0.717) is 24.7 Å². The zero-order chi connectivity index (χ0) is 14.8. The molecule has 2 N–H and O–H groups in total. The minimum atomic E-state index is -0.163. The number of hydrogen-bond acceptors (Lipinski definition) is 3. The van der Waals surface area contributed by atoms with Gasteiger partial charge in [0.25, 0.3) is 0 Å². The van der Waals surface area contributed by atoms with Gasteiger partial charge in [0, 0.05) is 11.6 Å². The molecule has 6 heteroatoms. The van der Waals surface area contributed by atoms with Gasteiger partial charge in [-0.2, -0.15) is 0 Å². The summed E-state index contributed by atoms with van der Waals surface area (Å²) in [5.74, 6) is 0.739. The standard InChI is InChI=1S/C14H22ClN3O2/c1-18(2)10-3-8-16-14(19)17-9-11-20-13-6-4-12(15)5-7-13/h4-7H,3,8-11H2,1-2H3,(H2,16,17,19). The van der Waals surface area contributed by atoms with E-state index in [-0.39, 0.29) is 6.03 Å². The van der Waals surface area contributed by atoms with Gasteiger partial charge in [0.15, 0.2) is 0 Å². The van der Waals surface area contributed by atoms with Gasteiger partial charge in [-0.05, 0) is 51.3 Å². The van der Waals surface area contributed by atoms with Crippen molar-refractivity contribution in [1.29, 1.82) is 0 Å². The van der Waals surface area contributed by atoms with Crippen LogP contribution in [0.4, 0.5) is 4.79 Å². The molecule has 0 aliphatic carbocycles. The lowest BCUT2D eigenvalue weighted by Gasteiger charge is -2.11. The number of urea groups is 1. The van der Waals surface area contributed by atoms with E-state index in [2.05, 4.69) is 15.5 Å². The highest BCUT2D eigenvalue weighted by molar-refractivity contribution is 6.30. The predicted octanol–water partition coefficient (Wildman–Crippen LogP) is 1.97. The van der Waals surface area contributed by atoms with E-state index in [9.17, 15) is 4.79 Å². The molecular weight excluding hydrogens is 278 g/mol. The van der Waals surface area contributed by atoms with Crippen molar-refractivity contribution in [3.63, 3.8) is 0 Å². The van der Waals surface area contributed by atoms with E-state index in [0.717, 1.165) is 18.7 Å². The fraction of sp³-hybridized carbons (Fsp3) is 0.500. The second-order valence-electron chi connectivity index (χ2n) is 4.64. The minimum Gasteiger partial charge on any atom is -0.492 e. The first-order chi connectivity index (χ1) is 9.58. The first kappa shape index (κ1) is 16.6. The number of carbonyl (C=O) groups excluding carboxylic acids is 1. The number of hydrogen-bond donors (Lipinski definition) is 2. The van der Waals surface area contributed by atoms with Crippen molar-refractivity contribution >= 4 is 17.6 Å². The molecule has 1 aromatic carbocycles. The first-order valence-electron chi connectivity index (χ1n) is 6.63. The molecular formula is C14H22ClN3O2. The van der Waals surface area contributed by atoms with Crippen molar-refractivity contribution in [3.05, 3.63) is 29.3 Å². The number of nitrogens with zero attached hydrogens (tertiary/aromatic N) is 1. The van der Waals surface area contributed by atoms with Crippen LogP contribution in [0.3, 0.4) is 0 Å². The average molecular weight is 300 g/mol. The third-order valence-corrected chi connectivity index (χ3v) is 2.79.